The van der Waals surface area contributed by atoms with E-state index in [1.165, 1.54) is 7.11 Å². The van der Waals surface area contributed by atoms with E-state index in [1.54, 1.807) is 12.3 Å². The smallest absolute Gasteiger partial charge is 0.354 e. The number of carbonyl (C=O) groups excluding carboxylic acids is 2. The summed E-state index contributed by atoms with van der Waals surface area (Å²) in [5.74, 6) is 1.07. The maximum atomic E-state index is 12.6. The van der Waals surface area contributed by atoms with Crippen LogP contribution in [0.4, 0.5) is 0 Å². The van der Waals surface area contributed by atoms with Crippen LogP contribution < -0.4 is 0 Å². The Bertz CT molecular complexity index is 533. The molecule has 0 saturated carbocycles. The van der Waals surface area contributed by atoms with E-state index < -0.39 is 5.97 Å². The molecule has 1 aliphatic rings. The molecular formula is C16H24N2O3. The van der Waals surface area contributed by atoms with Gasteiger partial charge in [0.2, 0.25) is 0 Å². The Hall–Kier alpha value is -1.78. The van der Waals surface area contributed by atoms with E-state index in [4.69, 9.17) is 0 Å². The molecule has 1 aliphatic heterocycles. The molecule has 5 nitrogen and oxygen atoms in total. The molecule has 2 rings (SSSR count). The zero-order valence-corrected chi connectivity index (χ0v) is 13.3. The number of ether oxygens (including phenoxy) is 1. The molecule has 0 bridgehead atoms. The largest absolute Gasteiger partial charge is 0.464 e. The zero-order chi connectivity index (χ0) is 15.7. The summed E-state index contributed by atoms with van der Waals surface area (Å²) >= 11 is 0. The van der Waals surface area contributed by atoms with E-state index in [0.717, 1.165) is 6.54 Å². The summed E-state index contributed by atoms with van der Waals surface area (Å²) in [4.78, 5) is 28.7. The van der Waals surface area contributed by atoms with Crippen molar-refractivity contribution in [3.63, 3.8) is 0 Å². The first-order valence-electron chi connectivity index (χ1n) is 7.44. The predicted molar refractivity (Wildman–Crippen MR) is 80.1 cm³/mol. The molecule has 0 aromatic carbocycles. The lowest BCUT2D eigenvalue weighted by Gasteiger charge is -2.52. The number of nitrogens with one attached hydrogen (secondary N) is 1. The molecule has 2 atom stereocenters. The number of amides is 1. The highest BCUT2D eigenvalue weighted by Crippen LogP contribution is 2.36. The number of aromatic nitrogens is 1. The molecule has 1 saturated heterocycles. The Morgan fingerprint density at radius 2 is 1.95 bits per heavy atom. The second kappa shape index (κ2) is 5.92. The summed E-state index contributed by atoms with van der Waals surface area (Å²) in [6.07, 6.45) is 1.58. The summed E-state index contributed by atoms with van der Waals surface area (Å²) in [6.45, 7) is 9.49. The highest BCUT2D eigenvalue weighted by Gasteiger charge is 2.45. The van der Waals surface area contributed by atoms with Gasteiger partial charge in [0, 0.05) is 18.8 Å². The second-order valence-corrected chi connectivity index (χ2v) is 6.39. The van der Waals surface area contributed by atoms with Crippen molar-refractivity contribution < 1.29 is 14.3 Å². The molecule has 1 N–H and O–H groups in total. The molecule has 21 heavy (non-hydrogen) atoms. The van der Waals surface area contributed by atoms with Crippen LogP contribution in [0.2, 0.25) is 0 Å². The Balaban J connectivity index is 2.13. The van der Waals surface area contributed by atoms with Gasteiger partial charge in [0.05, 0.1) is 12.7 Å². The van der Waals surface area contributed by atoms with Gasteiger partial charge in [-0.2, -0.15) is 0 Å². The fraction of sp³-hybridized carbons (Fsp3) is 0.625. The van der Waals surface area contributed by atoms with Crippen LogP contribution in [0, 0.1) is 17.8 Å². The minimum atomic E-state index is -0.460. The molecule has 116 valence electrons. The average molecular weight is 292 g/mol. The van der Waals surface area contributed by atoms with Gasteiger partial charge in [-0.15, -0.1) is 0 Å². The summed E-state index contributed by atoms with van der Waals surface area (Å²) in [5, 5.41) is 0. The third kappa shape index (κ3) is 2.82. The van der Waals surface area contributed by atoms with E-state index in [9.17, 15) is 9.59 Å². The van der Waals surface area contributed by atoms with Gasteiger partial charge in [-0.05, 0) is 23.8 Å². The van der Waals surface area contributed by atoms with Gasteiger partial charge < -0.3 is 14.6 Å². The Labute approximate surface area is 125 Å². The first kappa shape index (κ1) is 15.6. The van der Waals surface area contributed by atoms with Crippen LogP contribution in [0.15, 0.2) is 12.3 Å². The maximum Gasteiger partial charge on any atom is 0.354 e. The third-order valence-electron chi connectivity index (χ3n) is 4.34. The second-order valence-electron chi connectivity index (χ2n) is 6.39. The summed E-state index contributed by atoms with van der Waals surface area (Å²) < 4.78 is 4.64. The SMILES string of the molecule is COC(=O)c1cc(C(=O)N2CC(C(C)C)C2C(C)C)c[nH]1. The molecule has 0 aliphatic carbocycles. The average Bonchev–Trinajstić information content (AvgIpc) is 2.84. The van der Waals surface area contributed by atoms with Crippen LogP contribution in [-0.4, -0.2) is 41.5 Å². The standard InChI is InChI=1S/C16H24N2O3/c1-9(2)12-8-18(14(12)10(3)4)15(19)11-6-13(17-7-11)16(20)21-5/h6-7,9-10,12,14,17H,8H2,1-5H3. The molecule has 1 aromatic rings. The van der Waals surface area contributed by atoms with Crippen molar-refractivity contribution in [1.29, 1.82) is 0 Å². The van der Waals surface area contributed by atoms with Crippen molar-refractivity contribution in [3.05, 3.63) is 23.5 Å². The number of esters is 1. The number of nitrogens with zero attached hydrogens (tertiary/aromatic N) is 1. The Morgan fingerprint density at radius 1 is 1.29 bits per heavy atom. The van der Waals surface area contributed by atoms with Gasteiger partial charge in [-0.3, -0.25) is 4.79 Å². The van der Waals surface area contributed by atoms with Crippen LogP contribution >= 0.6 is 0 Å². The lowest BCUT2D eigenvalue weighted by molar-refractivity contribution is -0.0214. The number of H-pyrrole nitrogens is 1. The van der Waals surface area contributed by atoms with E-state index in [2.05, 4.69) is 37.4 Å². The van der Waals surface area contributed by atoms with Gasteiger partial charge in [-0.25, -0.2) is 4.79 Å². The van der Waals surface area contributed by atoms with Gasteiger partial charge in [-0.1, -0.05) is 27.7 Å². The number of rotatable bonds is 4. The van der Waals surface area contributed by atoms with Crippen LogP contribution in [0.5, 0.6) is 0 Å². The maximum absolute atomic E-state index is 12.6. The van der Waals surface area contributed by atoms with Gasteiger partial charge in [0.1, 0.15) is 5.69 Å². The Morgan fingerprint density at radius 3 is 2.48 bits per heavy atom. The van der Waals surface area contributed by atoms with Crippen LogP contribution in [-0.2, 0) is 4.74 Å². The topological polar surface area (TPSA) is 62.4 Å². The molecule has 0 radical (unpaired) electrons. The van der Waals surface area contributed by atoms with E-state index >= 15 is 0 Å². The summed E-state index contributed by atoms with van der Waals surface area (Å²) in [5.41, 5.74) is 0.825. The van der Waals surface area contributed by atoms with Crippen molar-refractivity contribution in [3.8, 4) is 0 Å². The van der Waals surface area contributed by atoms with E-state index in [0.29, 0.717) is 29.0 Å². The molecule has 1 amide bonds. The first-order chi connectivity index (χ1) is 9.86. The van der Waals surface area contributed by atoms with Crippen molar-refractivity contribution in [2.24, 2.45) is 17.8 Å². The minimum Gasteiger partial charge on any atom is -0.464 e. The number of hydrogen-bond acceptors (Lipinski definition) is 3. The number of methoxy groups -OCH3 is 1. The van der Waals surface area contributed by atoms with Crippen LogP contribution in [0.1, 0.15) is 48.5 Å². The molecular weight excluding hydrogens is 268 g/mol. The van der Waals surface area contributed by atoms with Gasteiger partial charge >= 0.3 is 5.97 Å². The molecule has 1 fully saturated rings. The quantitative estimate of drug-likeness (QED) is 0.867. The molecule has 2 heterocycles. The van der Waals surface area contributed by atoms with Crippen molar-refractivity contribution in [1.82, 2.24) is 9.88 Å². The molecule has 0 spiro atoms. The summed E-state index contributed by atoms with van der Waals surface area (Å²) in [6, 6.07) is 1.84. The third-order valence-corrected chi connectivity index (χ3v) is 4.34. The van der Waals surface area contributed by atoms with Crippen molar-refractivity contribution >= 4 is 11.9 Å². The monoisotopic (exact) mass is 292 g/mol. The Kier molecular flexibility index (Phi) is 4.40. The highest BCUT2D eigenvalue weighted by molar-refractivity contribution is 5.98. The fourth-order valence-electron chi connectivity index (χ4n) is 3.14. The van der Waals surface area contributed by atoms with E-state index in [1.807, 2.05) is 4.90 Å². The molecule has 2 unspecified atom stereocenters. The van der Waals surface area contributed by atoms with E-state index in [-0.39, 0.29) is 11.9 Å². The molecule has 5 heteroatoms. The number of aromatic amines is 1. The van der Waals surface area contributed by atoms with Crippen LogP contribution in [0.3, 0.4) is 0 Å². The lowest BCUT2D eigenvalue weighted by atomic mass is 9.74. The minimum absolute atomic E-state index is 0.0167. The molecule has 1 aromatic heterocycles. The van der Waals surface area contributed by atoms with Crippen LogP contribution in [0.25, 0.3) is 0 Å². The predicted octanol–water partition coefficient (Wildman–Crippen LogP) is 2.55. The number of hydrogen-bond donors (Lipinski definition) is 1. The summed E-state index contributed by atoms with van der Waals surface area (Å²) in [7, 11) is 1.32. The van der Waals surface area contributed by atoms with Gasteiger partial charge in [0.15, 0.2) is 0 Å². The highest BCUT2D eigenvalue weighted by atomic mass is 16.5. The first-order valence-corrected chi connectivity index (χ1v) is 7.44. The normalized spacial score (nSPS) is 21.6. The zero-order valence-electron chi connectivity index (χ0n) is 13.3. The van der Waals surface area contributed by atoms with Crippen molar-refractivity contribution in [2.75, 3.05) is 13.7 Å². The number of carbonyl (C=O) groups is 2. The fourth-order valence-corrected chi connectivity index (χ4v) is 3.14. The number of likely N-dealkylation sites (tertiary alicyclic amines) is 1. The van der Waals surface area contributed by atoms with Gasteiger partial charge in [0.25, 0.3) is 5.91 Å². The van der Waals surface area contributed by atoms with Crippen molar-refractivity contribution in [2.45, 2.75) is 33.7 Å². The lowest BCUT2D eigenvalue weighted by Crippen LogP contribution is -2.62.